The van der Waals surface area contributed by atoms with E-state index in [1.165, 1.54) is 25.9 Å². The molecule has 1 aromatic carbocycles. The number of anilines is 1. The average molecular weight is 281 g/mol. The first-order chi connectivity index (χ1) is 9.29. The highest BCUT2D eigenvalue weighted by molar-refractivity contribution is 6.33. The quantitative estimate of drug-likeness (QED) is 0.903. The minimum Gasteiger partial charge on any atom is -0.454 e. The largest absolute Gasteiger partial charge is 0.454 e. The topological polar surface area (TPSA) is 33.7 Å². The zero-order valence-corrected chi connectivity index (χ0v) is 11.4. The molecule has 5 heteroatoms. The highest BCUT2D eigenvalue weighted by Gasteiger charge is 2.34. The molecule has 3 fully saturated rings. The molecule has 0 spiro atoms. The number of fused-ring (bicyclic) bond motifs is 4. The van der Waals surface area contributed by atoms with Crippen molar-refractivity contribution in [2.45, 2.75) is 18.9 Å². The standard InChI is InChI=1S/C14H17ClN2O2/c15-10-5-13-14(19-8-18-13)6-11(10)16-12-7-17-3-1-9(12)2-4-17/h5-6,9,12,16H,1-4,7-8H2. The summed E-state index contributed by atoms with van der Waals surface area (Å²) in [6, 6.07) is 4.30. The SMILES string of the molecule is Clc1cc2c(cc1NC1CN3CCC1CC3)OCO2. The molecule has 0 aromatic heterocycles. The third-order valence-corrected chi connectivity index (χ3v) is 4.77. The number of halogens is 1. The normalized spacial score (nSPS) is 31.5. The summed E-state index contributed by atoms with van der Waals surface area (Å²) in [6.45, 7) is 3.90. The number of nitrogens with zero attached hydrogens (tertiary/aromatic N) is 1. The maximum Gasteiger partial charge on any atom is 0.231 e. The Morgan fingerprint density at radius 2 is 1.89 bits per heavy atom. The van der Waals surface area contributed by atoms with Gasteiger partial charge in [0.05, 0.1) is 10.7 Å². The number of hydrogen-bond donors (Lipinski definition) is 1. The molecule has 1 aromatic rings. The first kappa shape index (κ1) is 11.7. The van der Waals surface area contributed by atoms with Gasteiger partial charge in [-0.1, -0.05) is 11.6 Å². The lowest BCUT2D eigenvalue weighted by molar-refractivity contribution is 0.0975. The molecule has 0 aliphatic carbocycles. The molecule has 4 heterocycles. The van der Waals surface area contributed by atoms with E-state index in [0.717, 1.165) is 29.6 Å². The molecule has 4 nitrogen and oxygen atoms in total. The van der Waals surface area contributed by atoms with Crippen LogP contribution in [0.1, 0.15) is 12.8 Å². The van der Waals surface area contributed by atoms with E-state index in [1.54, 1.807) is 0 Å². The van der Waals surface area contributed by atoms with Crippen molar-refractivity contribution < 1.29 is 9.47 Å². The Balaban J connectivity index is 1.57. The first-order valence-corrected chi connectivity index (χ1v) is 7.25. The van der Waals surface area contributed by atoms with Gasteiger partial charge in [-0.15, -0.1) is 0 Å². The Morgan fingerprint density at radius 1 is 1.16 bits per heavy atom. The molecule has 4 aliphatic rings. The van der Waals surface area contributed by atoms with Crippen molar-refractivity contribution in [1.29, 1.82) is 0 Å². The lowest BCUT2D eigenvalue weighted by Crippen LogP contribution is -2.53. The van der Waals surface area contributed by atoms with Crippen LogP contribution in [0.2, 0.25) is 5.02 Å². The van der Waals surface area contributed by atoms with Gasteiger partial charge in [-0.2, -0.15) is 0 Å². The van der Waals surface area contributed by atoms with Crippen LogP contribution in [0.3, 0.4) is 0 Å². The maximum absolute atomic E-state index is 6.32. The summed E-state index contributed by atoms with van der Waals surface area (Å²) in [5, 5.41) is 4.31. The van der Waals surface area contributed by atoms with Gasteiger partial charge in [-0.3, -0.25) is 0 Å². The fourth-order valence-corrected chi connectivity index (χ4v) is 3.56. The van der Waals surface area contributed by atoms with Gasteiger partial charge in [0.2, 0.25) is 6.79 Å². The van der Waals surface area contributed by atoms with Crippen LogP contribution >= 0.6 is 11.6 Å². The molecule has 3 saturated heterocycles. The van der Waals surface area contributed by atoms with Crippen LogP contribution in [-0.4, -0.2) is 37.4 Å². The van der Waals surface area contributed by atoms with Gasteiger partial charge in [-0.05, 0) is 31.8 Å². The van der Waals surface area contributed by atoms with Gasteiger partial charge in [0.25, 0.3) is 0 Å². The molecular formula is C14H17ClN2O2. The van der Waals surface area contributed by atoms with Crippen molar-refractivity contribution in [3.8, 4) is 11.5 Å². The van der Waals surface area contributed by atoms with Gasteiger partial charge in [-0.25, -0.2) is 0 Å². The number of hydrogen-bond acceptors (Lipinski definition) is 4. The smallest absolute Gasteiger partial charge is 0.231 e. The molecule has 4 aliphatic heterocycles. The lowest BCUT2D eigenvalue weighted by Gasteiger charge is -2.45. The molecule has 2 bridgehead atoms. The van der Waals surface area contributed by atoms with Crippen LogP contribution in [0.4, 0.5) is 5.69 Å². The molecule has 0 amide bonds. The summed E-state index contributed by atoms with van der Waals surface area (Å²) in [5.41, 5.74) is 0.963. The van der Waals surface area contributed by atoms with Crippen LogP contribution in [0.25, 0.3) is 0 Å². The number of rotatable bonds is 2. The summed E-state index contributed by atoms with van der Waals surface area (Å²) in [4.78, 5) is 2.53. The van der Waals surface area contributed by atoms with E-state index in [9.17, 15) is 0 Å². The van der Waals surface area contributed by atoms with E-state index in [2.05, 4.69) is 10.2 Å². The minimum absolute atomic E-state index is 0.287. The second kappa shape index (κ2) is 4.46. The van der Waals surface area contributed by atoms with E-state index in [1.807, 2.05) is 12.1 Å². The Kier molecular flexibility index (Phi) is 2.74. The fourth-order valence-electron chi connectivity index (χ4n) is 3.36. The van der Waals surface area contributed by atoms with Crippen molar-refractivity contribution in [2.75, 3.05) is 31.7 Å². The van der Waals surface area contributed by atoms with Gasteiger partial charge in [0, 0.05) is 24.7 Å². The summed E-state index contributed by atoms with van der Waals surface area (Å²) in [5.74, 6) is 2.30. The van der Waals surface area contributed by atoms with E-state index in [4.69, 9.17) is 21.1 Å². The molecule has 0 radical (unpaired) electrons. The lowest BCUT2D eigenvalue weighted by atomic mass is 9.84. The molecule has 1 atom stereocenters. The second-order valence-corrected chi connectivity index (χ2v) is 5.98. The highest BCUT2D eigenvalue weighted by Crippen LogP contribution is 2.40. The maximum atomic E-state index is 6.32. The van der Waals surface area contributed by atoms with Crippen molar-refractivity contribution in [1.82, 2.24) is 4.90 Å². The van der Waals surface area contributed by atoms with E-state index in [0.29, 0.717) is 11.1 Å². The van der Waals surface area contributed by atoms with Crippen molar-refractivity contribution >= 4 is 17.3 Å². The van der Waals surface area contributed by atoms with Gasteiger partial charge in [0.1, 0.15) is 0 Å². The minimum atomic E-state index is 0.287. The highest BCUT2D eigenvalue weighted by atomic mass is 35.5. The van der Waals surface area contributed by atoms with Crippen LogP contribution < -0.4 is 14.8 Å². The van der Waals surface area contributed by atoms with E-state index in [-0.39, 0.29) is 6.79 Å². The monoisotopic (exact) mass is 280 g/mol. The first-order valence-electron chi connectivity index (χ1n) is 6.87. The summed E-state index contributed by atoms with van der Waals surface area (Å²) < 4.78 is 10.7. The average Bonchev–Trinajstić information content (AvgIpc) is 2.87. The molecule has 102 valence electrons. The Labute approximate surface area is 117 Å². The predicted octanol–water partition coefficient (Wildman–Crippen LogP) is 2.57. The van der Waals surface area contributed by atoms with Gasteiger partial charge >= 0.3 is 0 Å². The Hall–Kier alpha value is -1.13. The van der Waals surface area contributed by atoms with Crippen molar-refractivity contribution in [2.24, 2.45) is 5.92 Å². The van der Waals surface area contributed by atoms with Gasteiger partial charge in [0.15, 0.2) is 11.5 Å². The molecule has 5 rings (SSSR count). The second-order valence-electron chi connectivity index (χ2n) is 5.57. The number of ether oxygens (including phenoxy) is 2. The zero-order valence-electron chi connectivity index (χ0n) is 10.7. The van der Waals surface area contributed by atoms with E-state index < -0.39 is 0 Å². The third-order valence-electron chi connectivity index (χ3n) is 4.46. The molecule has 1 N–H and O–H groups in total. The predicted molar refractivity (Wildman–Crippen MR) is 74.1 cm³/mol. The molecular weight excluding hydrogens is 264 g/mol. The van der Waals surface area contributed by atoms with Crippen LogP contribution in [0.15, 0.2) is 12.1 Å². The third kappa shape index (κ3) is 2.03. The molecule has 0 saturated carbocycles. The zero-order chi connectivity index (χ0) is 12.8. The molecule has 1 unspecified atom stereocenters. The van der Waals surface area contributed by atoms with Gasteiger partial charge < -0.3 is 19.7 Å². The van der Waals surface area contributed by atoms with E-state index >= 15 is 0 Å². The number of nitrogens with one attached hydrogen (secondary N) is 1. The Bertz CT molecular complexity index is 500. The molecule has 19 heavy (non-hydrogen) atoms. The summed E-state index contributed by atoms with van der Waals surface area (Å²) in [6.07, 6.45) is 2.58. The number of benzene rings is 1. The number of piperidine rings is 3. The Morgan fingerprint density at radius 3 is 2.58 bits per heavy atom. The fraction of sp³-hybridized carbons (Fsp3) is 0.571. The summed E-state index contributed by atoms with van der Waals surface area (Å²) >= 11 is 6.32. The van der Waals surface area contributed by atoms with Crippen molar-refractivity contribution in [3.05, 3.63) is 17.2 Å². The van der Waals surface area contributed by atoms with Crippen LogP contribution in [0, 0.1) is 5.92 Å². The summed E-state index contributed by atoms with van der Waals surface area (Å²) in [7, 11) is 0. The van der Waals surface area contributed by atoms with Crippen LogP contribution in [-0.2, 0) is 0 Å². The van der Waals surface area contributed by atoms with Crippen molar-refractivity contribution in [3.63, 3.8) is 0 Å². The van der Waals surface area contributed by atoms with Crippen LogP contribution in [0.5, 0.6) is 11.5 Å².